The van der Waals surface area contributed by atoms with Crippen LogP contribution >= 0.6 is 0 Å². The highest BCUT2D eigenvalue weighted by atomic mass is 32.2. The van der Waals surface area contributed by atoms with E-state index < -0.39 is 21.6 Å². The highest BCUT2D eigenvalue weighted by molar-refractivity contribution is 7.92. The number of aromatic nitrogens is 3. The summed E-state index contributed by atoms with van der Waals surface area (Å²) in [4.78, 5) is 24.7. The quantitative estimate of drug-likeness (QED) is 0.303. The van der Waals surface area contributed by atoms with Crippen LogP contribution in [-0.4, -0.2) is 35.9 Å². The number of ether oxygens (including phenoxy) is 1. The monoisotopic (exact) mass is 488 g/mol. The zero-order valence-electron chi connectivity index (χ0n) is 18.4. The molecule has 0 aliphatic carbocycles. The fourth-order valence-corrected chi connectivity index (χ4v) is 5.38. The molecule has 10 heteroatoms. The van der Waals surface area contributed by atoms with Gasteiger partial charge in [-0.2, -0.15) is 4.68 Å². The number of rotatable bonds is 6. The van der Waals surface area contributed by atoms with Crippen molar-refractivity contribution in [1.82, 2.24) is 15.0 Å². The standard InChI is InChI=1S/C25H20N4O5S/c30-24(34-17-28-25(31)21-6-2-3-7-22(21)26-27-28)14-11-18-9-12-20(13-10-18)35(32,33)29-16-15-19-5-1-4-8-23(19)29/h1-14H,15-17H2. The summed E-state index contributed by atoms with van der Waals surface area (Å²) in [6, 6.07) is 20.4. The van der Waals surface area contributed by atoms with Gasteiger partial charge in [-0.15, -0.1) is 5.10 Å². The van der Waals surface area contributed by atoms with E-state index >= 15 is 0 Å². The molecule has 4 aromatic rings. The maximum atomic E-state index is 13.1. The molecule has 35 heavy (non-hydrogen) atoms. The van der Waals surface area contributed by atoms with Crippen LogP contribution in [0.1, 0.15) is 11.1 Å². The number of nitrogens with zero attached hydrogens (tertiary/aromatic N) is 4. The molecule has 0 atom stereocenters. The fraction of sp³-hybridized carbons (Fsp3) is 0.120. The normalized spacial score (nSPS) is 13.3. The van der Waals surface area contributed by atoms with Crippen LogP contribution < -0.4 is 9.86 Å². The third-order valence-electron chi connectivity index (χ3n) is 5.68. The van der Waals surface area contributed by atoms with E-state index in [2.05, 4.69) is 10.3 Å². The second-order valence-electron chi connectivity index (χ2n) is 7.86. The van der Waals surface area contributed by atoms with Gasteiger partial charge in [-0.3, -0.25) is 9.10 Å². The Balaban J connectivity index is 1.24. The molecule has 1 aromatic heterocycles. The van der Waals surface area contributed by atoms with Gasteiger partial charge in [0.2, 0.25) is 0 Å². The molecule has 0 N–H and O–H groups in total. The van der Waals surface area contributed by atoms with Crippen molar-refractivity contribution in [1.29, 1.82) is 0 Å². The molecule has 2 heterocycles. The van der Waals surface area contributed by atoms with Gasteiger partial charge < -0.3 is 4.74 Å². The second-order valence-corrected chi connectivity index (χ2v) is 9.72. The largest absolute Gasteiger partial charge is 0.439 e. The molecular formula is C25H20N4O5S. The lowest BCUT2D eigenvalue weighted by molar-refractivity contribution is -0.141. The van der Waals surface area contributed by atoms with E-state index in [1.54, 1.807) is 42.5 Å². The maximum Gasteiger partial charge on any atom is 0.332 e. The summed E-state index contributed by atoms with van der Waals surface area (Å²) in [5.74, 6) is -0.683. The minimum atomic E-state index is -3.69. The number of carbonyl (C=O) groups excluding carboxylic acids is 1. The number of benzene rings is 3. The van der Waals surface area contributed by atoms with E-state index in [0.29, 0.717) is 35.1 Å². The second kappa shape index (κ2) is 9.15. The summed E-state index contributed by atoms with van der Waals surface area (Å²) < 4.78 is 33.7. The Morgan fingerprint density at radius 3 is 2.57 bits per heavy atom. The molecule has 0 saturated carbocycles. The number of carbonyl (C=O) groups is 1. The molecule has 0 fully saturated rings. The molecule has 0 saturated heterocycles. The first-order valence-electron chi connectivity index (χ1n) is 10.8. The number of para-hydroxylation sites is 1. The van der Waals surface area contributed by atoms with E-state index in [9.17, 15) is 18.0 Å². The highest BCUT2D eigenvalue weighted by Crippen LogP contribution is 2.32. The number of esters is 1. The minimum absolute atomic E-state index is 0.170. The molecule has 0 amide bonds. The number of fused-ring (bicyclic) bond motifs is 2. The highest BCUT2D eigenvalue weighted by Gasteiger charge is 2.30. The zero-order valence-corrected chi connectivity index (χ0v) is 19.3. The Bertz CT molecular complexity index is 1610. The summed E-state index contributed by atoms with van der Waals surface area (Å²) in [7, 11) is -3.69. The summed E-state index contributed by atoms with van der Waals surface area (Å²) in [6.07, 6.45) is 3.37. The van der Waals surface area contributed by atoms with Gasteiger partial charge in [-0.05, 0) is 54.0 Å². The predicted octanol–water partition coefficient (Wildman–Crippen LogP) is 2.76. The first-order valence-corrected chi connectivity index (χ1v) is 12.3. The van der Waals surface area contributed by atoms with Crippen molar-refractivity contribution in [2.75, 3.05) is 10.8 Å². The molecule has 1 aliphatic rings. The smallest absolute Gasteiger partial charge is 0.332 e. The Hall–Kier alpha value is -4.31. The number of anilines is 1. The third-order valence-corrected chi connectivity index (χ3v) is 7.51. The molecule has 9 nitrogen and oxygen atoms in total. The molecule has 0 spiro atoms. The van der Waals surface area contributed by atoms with E-state index in [-0.39, 0.29) is 11.6 Å². The summed E-state index contributed by atoms with van der Waals surface area (Å²) >= 11 is 0. The van der Waals surface area contributed by atoms with Gasteiger partial charge in [0.1, 0.15) is 5.52 Å². The topological polar surface area (TPSA) is 111 Å². The molecule has 0 bridgehead atoms. The molecular weight excluding hydrogens is 468 g/mol. The van der Waals surface area contributed by atoms with Crippen molar-refractivity contribution in [3.05, 3.63) is 100 Å². The molecule has 3 aromatic carbocycles. The molecule has 0 unspecified atom stereocenters. The van der Waals surface area contributed by atoms with Gasteiger partial charge in [-0.25, -0.2) is 13.2 Å². The summed E-state index contributed by atoms with van der Waals surface area (Å²) in [5.41, 5.74) is 2.37. The van der Waals surface area contributed by atoms with Crippen LogP contribution in [0.3, 0.4) is 0 Å². The molecule has 1 aliphatic heterocycles. The summed E-state index contributed by atoms with van der Waals surface area (Å²) in [6.45, 7) is 0.0220. The van der Waals surface area contributed by atoms with Gasteiger partial charge in [0.25, 0.3) is 15.6 Å². The van der Waals surface area contributed by atoms with Crippen molar-refractivity contribution in [3.63, 3.8) is 0 Å². The van der Waals surface area contributed by atoms with Gasteiger partial charge in [0.05, 0.1) is 16.0 Å². The number of hydrogen-bond acceptors (Lipinski definition) is 7. The third kappa shape index (κ3) is 4.43. The average molecular weight is 489 g/mol. The lowest BCUT2D eigenvalue weighted by Crippen LogP contribution is -2.29. The zero-order chi connectivity index (χ0) is 24.4. The fourth-order valence-electron chi connectivity index (χ4n) is 3.88. The van der Waals surface area contributed by atoms with Crippen molar-refractivity contribution in [2.45, 2.75) is 18.0 Å². The Labute approximate surface area is 200 Å². The van der Waals surface area contributed by atoms with E-state index in [0.717, 1.165) is 10.2 Å². The van der Waals surface area contributed by atoms with Crippen LogP contribution in [0.2, 0.25) is 0 Å². The Kier molecular flexibility index (Phi) is 5.87. The van der Waals surface area contributed by atoms with Crippen molar-refractivity contribution >= 4 is 38.7 Å². The Morgan fingerprint density at radius 2 is 1.74 bits per heavy atom. The van der Waals surface area contributed by atoms with Crippen LogP contribution in [0.15, 0.2) is 88.6 Å². The molecule has 0 radical (unpaired) electrons. The van der Waals surface area contributed by atoms with Crippen LogP contribution in [0.4, 0.5) is 5.69 Å². The Morgan fingerprint density at radius 1 is 1.00 bits per heavy atom. The lowest BCUT2D eigenvalue weighted by Gasteiger charge is -2.19. The maximum absolute atomic E-state index is 13.1. The summed E-state index contributed by atoms with van der Waals surface area (Å²) in [5, 5.41) is 8.08. The van der Waals surface area contributed by atoms with Crippen molar-refractivity contribution in [2.24, 2.45) is 0 Å². The first-order chi connectivity index (χ1) is 16.9. The van der Waals surface area contributed by atoms with Gasteiger partial charge >= 0.3 is 5.97 Å². The lowest BCUT2D eigenvalue weighted by atomic mass is 10.2. The molecule has 176 valence electrons. The van der Waals surface area contributed by atoms with Crippen LogP contribution in [0, 0.1) is 0 Å². The molecule has 5 rings (SSSR count). The number of hydrogen-bond donors (Lipinski definition) is 0. The van der Waals surface area contributed by atoms with Crippen LogP contribution in [0.25, 0.3) is 17.0 Å². The minimum Gasteiger partial charge on any atom is -0.439 e. The van der Waals surface area contributed by atoms with Gasteiger partial charge in [-0.1, -0.05) is 47.7 Å². The van der Waals surface area contributed by atoms with Crippen LogP contribution in [0.5, 0.6) is 0 Å². The van der Waals surface area contributed by atoms with Crippen LogP contribution in [-0.2, 0) is 32.7 Å². The first kappa shape index (κ1) is 22.5. The number of sulfonamides is 1. The van der Waals surface area contributed by atoms with Crippen molar-refractivity contribution < 1.29 is 17.9 Å². The van der Waals surface area contributed by atoms with E-state index in [1.807, 2.05) is 18.2 Å². The van der Waals surface area contributed by atoms with Gasteiger partial charge in [0.15, 0.2) is 6.73 Å². The SMILES string of the molecule is O=C(C=Cc1ccc(S(=O)(=O)N2CCc3ccccc32)cc1)OCn1nnc2ccccc2c1=O. The van der Waals surface area contributed by atoms with E-state index in [1.165, 1.54) is 28.6 Å². The van der Waals surface area contributed by atoms with Crippen molar-refractivity contribution in [3.8, 4) is 0 Å². The van der Waals surface area contributed by atoms with Gasteiger partial charge in [0, 0.05) is 12.6 Å². The average Bonchev–Trinajstić information content (AvgIpc) is 3.33. The predicted molar refractivity (Wildman–Crippen MR) is 130 cm³/mol. The van der Waals surface area contributed by atoms with E-state index in [4.69, 9.17) is 4.74 Å².